The molecule has 2 N–H and O–H groups in total. The second-order valence-electron chi connectivity index (χ2n) is 12.4. The fourth-order valence-electron chi connectivity index (χ4n) is 6.38. The van der Waals surface area contributed by atoms with Gasteiger partial charge in [0.1, 0.15) is 20.4 Å². The maximum Gasteiger partial charge on any atom is 0.322 e. The molecule has 0 saturated carbocycles. The first kappa shape index (κ1) is 37.5. The van der Waals surface area contributed by atoms with Crippen LogP contribution in [0.2, 0.25) is 9.36 Å². The minimum atomic E-state index is -4.20. The molecule has 2 aliphatic heterocycles. The van der Waals surface area contributed by atoms with E-state index >= 15 is 0 Å². The van der Waals surface area contributed by atoms with Crippen molar-refractivity contribution in [2.45, 2.75) is 66.5 Å². The molecule has 2 aromatic carbocycles. The first-order valence-electron chi connectivity index (χ1n) is 15.7. The van der Waals surface area contributed by atoms with Gasteiger partial charge in [-0.3, -0.25) is 4.79 Å². The third-order valence-electron chi connectivity index (χ3n) is 9.15. The Morgan fingerprint density at radius 3 is 2.10 bits per heavy atom. The number of nitrogens with zero attached hydrogens (tertiary/aromatic N) is 2. The molecule has 2 saturated heterocycles. The number of thiophene rings is 1. The molecule has 0 radical (unpaired) electrons. The van der Waals surface area contributed by atoms with E-state index in [-0.39, 0.29) is 20.5 Å². The molecule has 0 bridgehead atoms. The minimum Gasteiger partial charge on any atom is -0.480 e. The van der Waals surface area contributed by atoms with Gasteiger partial charge in [-0.1, -0.05) is 54.6 Å². The Hall–Kier alpha value is -1.78. The molecule has 2 fully saturated rings. The smallest absolute Gasteiger partial charge is 0.322 e. The van der Waals surface area contributed by atoms with Crippen molar-refractivity contribution in [3.8, 4) is 0 Å². The highest BCUT2D eigenvalue weighted by atomic mass is 79.9. The standard InChI is InChI=1S/C32H37BrCl2FN3O6S3/c33-26-20-30(46-31(26)35)48(44,45)39-16-12-22(13-17-39)3-1-2-21-10-14-38(15-11-21)29-9-8-25(19-27(29)34)47(42,43)37-28(32(40)41)18-23-4-6-24(36)7-5-23/h4-9,19-22,28,37H,1-3,10-18H2,(H,40,41). The van der Waals surface area contributed by atoms with Crippen molar-refractivity contribution in [2.24, 2.45) is 11.8 Å². The number of piperidine rings is 2. The average Bonchev–Trinajstić information content (AvgIpc) is 3.40. The molecule has 1 atom stereocenters. The summed E-state index contributed by atoms with van der Waals surface area (Å²) < 4.78 is 70.5. The van der Waals surface area contributed by atoms with Gasteiger partial charge in [-0.15, -0.1) is 11.3 Å². The maximum absolute atomic E-state index is 13.2. The zero-order chi connectivity index (χ0) is 34.6. The third kappa shape index (κ3) is 9.30. The molecule has 262 valence electrons. The molecule has 3 aromatic rings. The molecule has 0 aliphatic carbocycles. The highest BCUT2D eigenvalue weighted by Crippen LogP contribution is 2.38. The number of carboxylic acids is 1. The van der Waals surface area contributed by atoms with Crippen molar-refractivity contribution in [3.63, 3.8) is 0 Å². The van der Waals surface area contributed by atoms with Crippen molar-refractivity contribution in [3.05, 3.63) is 73.7 Å². The van der Waals surface area contributed by atoms with Crippen LogP contribution in [0.3, 0.4) is 0 Å². The van der Waals surface area contributed by atoms with Crippen LogP contribution in [0.1, 0.15) is 50.5 Å². The number of halogens is 4. The van der Waals surface area contributed by atoms with Crippen LogP contribution >= 0.6 is 50.5 Å². The van der Waals surface area contributed by atoms with Gasteiger partial charge in [0.15, 0.2) is 0 Å². The van der Waals surface area contributed by atoms with Crippen molar-refractivity contribution < 1.29 is 31.1 Å². The Morgan fingerprint density at radius 2 is 1.56 bits per heavy atom. The van der Waals surface area contributed by atoms with E-state index in [1.807, 2.05) is 0 Å². The van der Waals surface area contributed by atoms with Crippen LogP contribution in [0.5, 0.6) is 0 Å². The highest BCUT2D eigenvalue weighted by Gasteiger charge is 2.32. The van der Waals surface area contributed by atoms with Crippen LogP contribution in [-0.2, 0) is 31.3 Å². The number of hydrogen-bond donors (Lipinski definition) is 2. The van der Waals surface area contributed by atoms with E-state index in [1.54, 1.807) is 16.4 Å². The number of aliphatic carboxylic acids is 1. The van der Waals surface area contributed by atoms with E-state index in [0.717, 1.165) is 75.1 Å². The first-order valence-corrected chi connectivity index (χ1v) is 21.0. The number of rotatable bonds is 13. The van der Waals surface area contributed by atoms with Crippen molar-refractivity contribution in [1.29, 1.82) is 0 Å². The van der Waals surface area contributed by atoms with Crippen molar-refractivity contribution in [2.75, 3.05) is 31.1 Å². The average molecular weight is 826 g/mol. The maximum atomic E-state index is 13.2. The van der Waals surface area contributed by atoms with Crippen LogP contribution in [0.15, 0.2) is 62.1 Å². The SMILES string of the molecule is O=C(O)C(Cc1ccc(F)cc1)NS(=O)(=O)c1ccc(N2CCC(CCCC3CCN(S(=O)(=O)c4cc(Br)c(Cl)s4)CC3)CC2)c(Cl)c1. The normalized spacial score (nSPS) is 17.9. The largest absolute Gasteiger partial charge is 0.480 e. The molecular weight excluding hydrogens is 788 g/mol. The molecule has 0 amide bonds. The number of carboxylic acid groups (broad SMARTS) is 1. The van der Waals surface area contributed by atoms with Crippen LogP contribution < -0.4 is 9.62 Å². The molecule has 5 rings (SSSR count). The summed E-state index contributed by atoms with van der Waals surface area (Å²) >= 11 is 17.0. The summed E-state index contributed by atoms with van der Waals surface area (Å²) in [7, 11) is -7.73. The zero-order valence-corrected chi connectivity index (χ0v) is 31.5. The summed E-state index contributed by atoms with van der Waals surface area (Å²) in [4.78, 5) is 13.8. The predicted molar refractivity (Wildman–Crippen MR) is 191 cm³/mol. The van der Waals surface area contributed by atoms with Gasteiger partial charge < -0.3 is 10.0 Å². The van der Waals surface area contributed by atoms with E-state index in [1.165, 1.54) is 36.4 Å². The Morgan fingerprint density at radius 1 is 0.958 bits per heavy atom. The van der Waals surface area contributed by atoms with E-state index in [9.17, 15) is 31.1 Å². The van der Waals surface area contributed by atoms with E-state index in [0.29, 0.717) is 39.3 Å². The first-order chi connectivity index (χ1) is 22.7. The summed E-state index contributed by atoms with van der Waals surface area (Å²) in [5.74, 6) is -0.743. The van der Waals surface area contributed by atoms with E-state index < -0.39 is 37.9 Å². The lowest BCUT2D eigenvalue weighted by atomic mass is 9.87. The molecular formula is C32H37BrCl2FN3O6S3. The molecule has 16 heteroatoms. The fraction of sp³-hybridized carbons (Fsp3) is 0.469. The molecule has 1 aromatic heterocycles. The summed E-state index contributed by atoms with van der Waals surface area (Å²) in [5.41, 5.74) is 1.21. The molecule has 1 unspecified atom stereocenters. The molecule has 3 heterocycles. The van der Waals surface area contributed by atoms with Crippen LogP contribution in [0.25, 0.3) is 0 Å². The van der Waals surface area contributed by atoms with Gasteiger partial charge >= 0.3 is 5.97 Å². The Bertz CT molecular complexity index is 1790. The highest BCUT2D eigenvalue weighted by molar-refractivity contribution is 9.10. The summed E-state index contributed by atoms with van der Waals surface area (Å²) in [5, 5.41) is 9.90. The number of benzene rings is 2. The second kappa shape index (κ2) is 16.1. The number of sulfonamides is 2. The number of carbonyl (C=O) groups is 1. The van der Waals surface area contributed by atoms with Crippen molar-refractivity contribution >= 4 is 82.2 Å². The number of anilines is 1. The number of hydrogen-bond acceptors (Lipinski definition) is 7. The molecule has 48 heavy (non-hydrogen) atoms. The monoisotopic (exact) mass is 823 g/mol. The number of nitrogens with one attached hydrogen (secondary N) is 1. The lowest BCUT2D eigenvalue weighted by molar-refractivity contribution is -0.138. The van der Waals surface area contributed by atoms with Crippen molar-refractivity contribution in [1.82, 2.24) is 9.03 Å². The van der Waals surface area contributed by atoms with Crippen LogP contribution in [0.4, 0.5) is 10.1 Å². The second-order valence-corrected chi connectivity index (χ2v) is 19.1. The zero-order valence-electron chi connectivity index (χ0n) is 26.0. The van der Waals surface area contributed by atoms with E-state index in [4.69, 9.17) is 23.2 Å². The fourth-order valence-corrected chi connectivity index (χ4v) is 11.9. The lowest BCUT2D eigenvalue weighted by Gasteiger charge is -2.35. The Labute approximate surface area is 303 Å². The molecule has 2 aliphatic rings. The molecule has 0 spiro atoms. The van der Waals surface area contributed by atoms with Gasteiger partial charge in [-0.2, -0.15) is 9.03 Å². The minimum absolute atomic E-state index is 0.135. The van der Waals surface area contributed by atoms with Crippen LogP contribution in [-0.4, -0.2) is 64.4 Å². The van der Waals surface area contributed by atoms with E-state index in [2.05, 4.69) is 25.6 Å². The van der Waals surface area contributed by atoms with Gasteiger partial charge in [0, 0.05) is 30.7 Å². The summed E-state index contributed by atoms with van der Waals surface area (Å²) in [6.07, 6.45) is 6.79. The van der Waals surface area contributed by atoms with Gasteiger partial charge in [-0.05, 0) is 102 Å². The topological polar surface area (TPSA) is 124 Å². The van der Waals surface area contributed by atoms with Crippen LogP contribution in [0, 0.1) is 17.7 Å². The molecule has 9 nitrogen and oxygen atoms in total. The van der Waals surface area contributed by atoms with Gasteiger partial charge in [0.2, 0.25) is 10.0 Å². The summed E-state index contributed by atoms with van der Waals surface area (Å²) in [6.45, 7) is 2.61. The van der Waals surface area contributed by atoms with Gasteiger partial charge in [-0.25, -0.2) is 21.2 Å². The summed E-state index contributed by atoms with van der Waals surface area (Å²) in [6, 6.07) is 9.77. The van der Waals surface area contributed by atoms with Gasteiger partial charge in [0.05, 0.1) is 15.6 Å². The lowest BCUT2D eigenvalue weighted by Crippen LogP contribution is -2.42. The third-order valence-corrected chi connectivity index (χ3v) is 15.7. The Balaban J connectivity index is 1.07. The predicted octanol–water partition coefficient (Wildman–Crippen LogP) is 7.42. The quantitative estimate of drug-likeness (QED) is 0.184. The Kier molecular flexibility index (Phi) is 12.5. The van der Waals surface area contributed by atoms with Gasteiger partial charge in [0.25, 0.3) is 10.0 Å².